The molecule has 6 nitrogen and oxygen atoms in total. The molecule has 2 N–H and O–H groups in total. The van der Waals surface area contributed by atoms with E-state index < -0.39 is 17.6 Å². The van der Waals surface area contributed by atoms with Crippen molar-refractivity contribution in [3.8, 4) is 0 Å². The van der Waals surface area contributed by atoms with Gasteiger partial charge >= 0.3 is 6.18 Å². The first kappa shape index (κ1) is 23.1. The molecule has 1 unspecified atom stereocenters. The Morgan fingerprint density at radius 3 is 2.36 bits per heavy atom. The molecule has 2 heterocycles. The molecule has 0 aliphatic carbocycles. The molecule has 33 heavy (non-hydrogen) atoms. The summed E-state index contributed by atoms with van der Waals surface area (Å²) in [5.74, 6) is -0.804. The van der Waals surface area contributed by atoms with Crippen molar-refractivity contribution in [2.45, 2.75) is 38.0 Å². The van der Waals surface area contributed by atoms with E-state index >= 15 is 0 Å². The summed E-state index contributed by atoms with van der Waals surface area (Å²) in [7, 11) is 0. The number of hydrogen-bond acceptors (Lipinski definition) is 4. The maximum atomic E-state index is 13.0. The van der Waals surface area contributed by atoms with E-state index in [0.29, 0.717) is 24.4 Å². The van der Waals surface area contributed by atoms with Crippen LogP contribution >= 0.6 is 0 Å². The van der Waals surface area contributed by atoms with Gasteiger partial charge in [0.25, 0.3) is 11.8 Å². The highest BCUT2D eigenvalue weighted by molar-refractivity contribution is 6.06. The lowest BCUT2D eigenvalue weighted by molar-refractivity contribution is -0.137. The Labute approximate surface area is 190 Å². The zero-order chi connectivity index (χ0) is 23.4. The molecule has 0 radical (unpaired) electrons. The van der Waals surface area contributed by atoms with Gasteiger partial charge in [-0.3, -0.25) is 9.59 Å². The molecule has 1 atom stereocenters. The number of rotatable bonds is 6. The van der Waals surface area contributed by atoms with Crippen LogP contribution in [0.2, 0.25) is 0 Å². The third-order valence-electron chi connectivity index (χ3n) is 5.93. The number of hydrogen-bond donors (Lipinski definition) is 2. The minimum atomic E-state index is -4.47. The van der Waals surface area contributed by atoms with E-state index in [9.17, 15) is 22.8 Å². The normalized spacial score (nSPS) is 18.4. The molecule has 2 aromatic rings. The van der Waals surface area contributed by atoms with E-state index in [1.165, 1.54) is 0 Å². The standard InChI is InChI=1S/C24H26F3N3O3/c25-24(26,27)17-7-5-16(6-8-17)22(31)29-18-9-10-21(30-11-1-2-12-30)20(14-18)23(32)28-15-19-4-3-13-33-19/h5-10,14,19H,1-4,11-13,15H2,(H,28,32)(H,29,31). The van der Waals surface area contributed by atoms with Gasteiger partial charge in [0.15, 0.2) is 0 Å². The third kappa shape index (κ3) is 5.65. The van der Waals surface area contributed by atoms with Crippen molar-refractivity contribution in [3.63, 3.8) is 0 Å². The highest BCUT2D eigenvalue weighted by atomic mass is 19.4. The molecule has 4 rings (SSSR count). The Morgan fingerprint density at radius 1 is 1.00 bits per heavy atom. The quantitative estimate of drug-likeness (QED) is 0.666. The lowest BCUT2D eigenvalue weighted by Crippen LogP contribution is -2.33. The van der Waals surface area contributed by atoms with Gasteiger partial charge in [-0.15, -0.1) is 0 Å². The van der Waals surface area contributed by atoms with Crippen LogP contribution in [0.1, 0.15) is 52.0 Å². The van der Waals surface area contributed by atoms with Crippen molar-refractivity contribution in [2.24, 2.45) is 0 Å². The van der Waals surface area contributed by atoms with Gasteiger partial charge in [0.2, 0.25) is 0 Å². The molecule has 0 spiro atoms. The van der Waals surface area contributed by atoms with Crippen molar-refractivity contribution < 1.29 is 27.5 Å². The van der Waals surface area contributed by atoms with Gasteiger partial charge in [0, 0.05) is 43.2 Å². The molecule has 0 aromatic heterocycles. The van der Waals surface area contributed by atoms with Crippen molar-refractivity contribution in [1.29, 1.82) is 0 Å². The van der Waals surface area contributed by atoms with Crippen LogP contribution < -0.4 is 15.5 Å². The van der Waals surface area contributed by atoms with Gasteiger partial charge < -0.3 is 20.3 Å². The monoisotopic (exact) mass is 461 g/mol. The maximum absolute atomic E-state index is 13.0. The van der Waals surface area contributed by atoms with E-state index in [4.69, 9.17) is 4.74 Å². The molecule has 2 amide bonds. The fourth-order valence-electron chi connectivity index (χ4n) is 4.15. The van der Waals surface area contributed by atoms with Crippen LogP contribution in [0.25, 0.3) is 0 Å². The third-order valence-corrected chi connectivity index (χ3v) is 5.93. The highest BCUT2D eigenvalue weighted by Crippen LogP contribution is 2.30. The number of ether oxygens (including phenoxy) is 1. The Kier molecular flexibility index (Phi) is 6.88. The number of halogens is 3. The molecule has 2 saturated heterocycles. The van der Waals surface area contributed by atoms with Crippen LogP contribution in [0.15, 0.2) is 42.5 Å². The minimum absolute atomic E-state index is 0.00624. The number of amides is 2. The predicted molar refractivity (Wildman–Crippen MR) is 119 cm³/mol. The number of nitrogens with one attached hydrogen (secondary N) is 2. The van der Waals surface area contributed by atoms with E-state index in [-0.39, 0.29) is 17.6 Å². The second kappa shape index (κ2) is 9.82. The van der Waals surface area contributed by atoms with E-state index in [1.54, 1.807) is 18.2 Å². The van der Waals surface area contributed by atoms with E-state index in [1.807, 2.05) is 0 Å². The summed E-state index contributed by atoms with van der Waals surface area (Å²) >= 11 is 0. The first-order valence-corrected chi connectivity index (χ1v) is 11.1. The highest BCUT2D eigenvalue weighted by Gasteiger charge is 2.30. The van der Waals surface area contributed by atoms with Gasteiger partial charge in [-0.1, -0.05) is 0 Å². The first-order valence-electron chi connectivity index (χ1n) is 11.1. The van der Waals surface area contributed by atoms with Gasteiger partial charge in [0.1, 0.15) is 0 Å². The van der Waals surface area contributed by atoms with Crippen LogP contribution in [-0.2, 0) is 10.9 Å². The lowest BCUT2D eigenvalue weighted by Gasteiger charge is -2.22. The average molecular weight is 461 g/mol. The van der Waals surface area contributed by atoms with Gasteiger partial charge in [-0.05, 0) is 68.1 Å². The van der Waals surface area contributed by atoms with E-state index in [2.05, 4.69) is 15.5 Å². The van der Waals surface area contributed by atoms with Crippen LogP contribution in [0.3, 0.4) is 0 Å². The fourth-order valence-corrected chi connectivity index (χ4v) is 4.15. The number of alkyl halides is 3. The Balaban J connectivity index is 1.51. The number of nitrogens with zero attached hydrogens (tertiary/aromatic N) is 1. The van der Waals surface area contributed by atoms with E-state index in [0.717, 1.165) is 68.7 Å². The van der Waals surface area contributed by atoms with Crippen LogP contribution in [-0.4, -0.2) is 44.2 Å². The second-order valence-corrected chi connectivity index (χ2v) is 8.30. The van der Waals surface area contributed by atoms with Gasteiger partial charge in [-0.2, -0.15) is 13.2 Å². The first-order chi connectivity index (χ1) is 15.8. The summed E-state index contributed by atoms with van der Waals surface area (Å²) in [6, 6.07) is 9.12. The summed E-state index contributed by atoms with van der Waals surface area (Å²) in [5, 5.41) is 5.61. The molecule has 0 bridgehead atoms. The Bertz CT molecular complexity index is 996. The summed E-state index contributed by atoms with van der Waals surface area (Å²) in [5.41, 5.74) is 0.908. The van der Waals surface area contributed by atoms with Gasteiger partial charge in [0.05, 0.1) is 17.2 Å². The number of carbonyl (C=O) groups is 2. The predicted octanol–water partition coefficient (Wildman–Crippen LogP) is 4.47. The molecule has 9 heteroatoms. The second-order valence-electron chi connectivity index (χ2n) is 8.30. The lowest BCUT2D eigenvalue weighted by atomic mass is 10.1. The zero-order valence-corrected chi connectivity index (χ0v) is 18.1. The molecular weight excluding hydrogens is 435 g/mol. The minimum Gasteiger partial charge on any atom is -0.376 e. The van der Waals surface area contributed by atoms with Gasteiger partial charge in [-0.25, -0.2) is 0 Å². The maximum Gasteiger partial charge on any atom is 0.416 e. The molecule has 2 aliphatic heterocycles. The fraction of sp³-hybridized carbons (Fsp3) is 0.417. The van der Waals surface area contributed by atoms with Crippen LogP contribution in [0, 0.1) is 0 Å². The summed E-state index contributed by atoms with van der Waals surface area (Å²) in [6.45, 7) is 2.82. The Hall–Kier alpha value is -3.07. The molecule has 2 aromatic carbocycles. The molecule has 0 saturated carbocycles. The van der Waals surface area contributed by atoms with Crippen molar-refractivity contribution in [2.75, 3.05) is 36.5 Å². The summed E-state index contributed by atoms with van der Waals surface area (Å²) in [6.07, 6.45) is -0.487. The molecular formula is C24H26F3N3O3. The van der Waals surface area contributed by atoms with Crippen LogP contribution in [0.4, 0.5) is 24.5 Å². The van der Waals surface area contributed by atoms with Crippen molar-refractivity contribution in [3.05, 3.63) is 59.2 Å². The number of carbonyl (C=O) groups excluding carboxylic acids is 2. The number of anilines is 2. The summed E-state index contributed by atoms with van der Waals surface area (Å²) in [4.78, 5) is 27.7. The Morgan fingerprint density at radius 2 is 1.73 bits per heavy atom. The largest absolute Gasteiger partial charge is 0.416 e. The molecule has 2 aliphatic rings. The smallest absolute Gasteiger partial charge is 0.376 e. The average Bonchev–Trinajstić information content (AvgIpc) is 3.51. The zero-order valence-electron chi connectivity index (χ0n) is 18.1. The van der Waals surface area contributed by atoms with Crippen molar-refractivity contribution in [1.82, 2.24) is 5.32 Å². The number of benzene rings is 2. The molecule has 176 valence electrons. The summed E-state index contributed by atoms with van der Waals surface area (Å²) < 4.78 is 43.9. The van der Waals surface area contributed by atoms with Crippen molar-refractivity contribution >= 4 is 23.2 Å². The topological polar surface area (TPSA) is 70.7 Å². The molecule has 2 fully saturated rings. The van der Waals surface area contributed by atoms with Crippen LogP contribution in [0.5, 0.6) is 0 Å². The SMILES string of the molecule is O=C(Nc1ccc(N2CCCC2)c(C(=O)NCC2CCCO2)c1)c1ccc(C(F)(F)F)cc1.